The maximum atomic E-state index is 12.4. The smallest absolute Gasteiger partial charge is 0.349 e. The van der Waals surface area contributed by atoms with Gasteiger partial charge in [0, 0.05) is 17.1 Å². The van der Waals surface area contributed by atoms with Gasteiger partial charge in [-0.1, -0.05) is 18.2 Å². The Bertz CT molecular complexity index is 959. The minimum Gasteiger partial charge on any atom is -0.494 e. The number of hydrogen-bond acceptors (Lipinski definition) is 4. The number of aryl methyl sites for hydroxylation is 1. The molecule has 1 amide bonds. The number of fused-ring (bicyclic) bond motifs is 1. The van der Waals surface area contributed by atoms with Gasteiger partial charge >= 0.3 is 5.63 Å². The molecule has 0 saturated heterocycles. The van der Waals surface area contributed by atoms with E-state index in [1.165, 1.54) is 6.07 Å². The molecule has 0 fully saturated rings. The number of nitrogens with one attached hydrogen (secondary N) is 1. The monoisotopic (exact) mass is 323 g/mol. The maximum Gasteiger partial charge on any atom is 0.349 e. The summed E-state index contributed by atoms with van der Waals surface area (Å²) in [6, 6.07) is 14.1. The molecule has 24 heavy (non-hydrogen) atoms. The fourth-order valence-electron chi connectivity index (χ4n) is 2.41. The van der Waals surface area contributed by atoms with Crippen LogP contribution in [0.1, 0.15) is 22.8 Å². The van der Waals surface area contributed by atoms with Gasteiger partial charge in [-0.3, -0.25) is 4.79 Å². The van der Waals surface area contributed by atoms with Crippen LogP contribution in [0.5, 0.6) is 5.75 Å². The zero-order valence-corrected chi connectivity index (χ0v) is 13.5. The van der Waals surface area contributed by atoms with E-state index in [1.807, 2.05) is 32.0 Å². The molecule has 0 unspecified atom stereocenters. The summed E-state index contributed by atoms with van der Waals surface area (Å²) in [5.41, 5.74) is 1.25. The van der Waals surface area contributed by atoms with Crippen LogP contribution in [0.4, 0.5) is 5.69 Å². The van der Waals surface area contributed by atoms with E-state index in [-0.39, 0.29) is 5.56 Å². The van der Waals surface area contributed by atoms with Crippen LogP contribution in [-0.4, -0.2) is 12.5 Å². The van der Waals surface area contributed by atoms with Crippen LogP contribution in [0.3, 0.4) is 0 Å². The Hall–Kier alpha value is -3.08. The lowest BCUT2D eigenvalue weighted by molar-refractivity contribution is 0.102. The molecule has 0 saturated carbocycles. The van der Waals surface area contributed by atoms with Crippen molar-refractivity contribution in [1.82, 2.24) is 0 Å². The molecule has 1 aromatic heterocycles. The van der Waals surface area contributed by atoms with E-state index in [1.54, 1.807) is 24.3 Å². The molecule has 2 aromatic carbocycles. The van der Waals surface area contributed by atoms with Crippen molar-refractivity contribution in [3.63, 3.8) is 0 Å². The van der Waals surface area contributed by atoms with E-state index in [9.17, 15) is 9.59 Å². The van der Waals surface area contributed by atoms with Crippen LogP contribution in [0, 0.1) is 6.92 Å². The first kappa shape index (κ1) is 15.8. The van der Waals surface area contributed by atoms with Gasteiger partial charge in [-0.2, -0.15) is 0 Å². The summed E-state index contributed by atoms with van der Waals surface area (Å²) >= 11 is 0. The fraction of sp³-hybridized carbons (Fsp3) is 0.158. The van der Waals surface area contributed by atoms with E-state index in [0.29, 0.717) is 29.0 Å². The zero-order chi connectivity index (χ0) is 17.1. The van der Waals surface area contributed by atoms with E-state index in [2.05, 4.69) is 5.32 Å². The summed E-state index contributed by atoms with van der Waals surface area (Å²) in [4.78, 5) is 24.6. The van der Waals surface area contributed by atoms with E-state index in [0.717, 1.165) is 5.56 Å². The summed E-state index contributed by atoms with van der Waals surface area (Å²) in [6.45, 7) is 4.28. The summed E-state index contributed by atoms with van der Waals surface area (Å²) < 4.78 is 10.7. The molecular formula is C19H17NO4. The molecular weight excluding hydrogens is 306 g/mol. The SMILES string of the molecule is CCOc1ccc2cc(C(=O)Nc3ccccc3C)c(=O)oc2c1. The zero-order valence-electron chi connectivity index (χ0n) is 13.5. The molecule has 1 heterocycles. The molecule has 5 nitrogen and oxygen atoms in total. The number of carbonyl (C=O) groups excluding carboxylic acids is 1. The first-order valence-electron chi connectivity index (χ1n) is 7.66. The second kappa shape index (κ2) is 6.58. The molecule has 0 radical (unpaired) electrons. The van der Waals surface area contributed by atoms with Gasteiger partial charge < -0.3 is 14.5 Å². The summed E-state index contributed by atoms with van der Waals surface area (Å²) in [7, 11) is 0. The number of benzene rings is 2. The standard InChI is InChI=1S/C19H17NO4/c1-3-23-14-9-8-13-10-15(19(22)24-17(13)11-14)18(21)20-16-7-5-4-6-12(16)2/h4-11H,3H2,1-2H3,(H,20,21). The van der Waals surface area contributed by atoms with Crippen molar-refractivity contribution in [2.75, 3.05) is 11.9 Å². The first-order chi connectivity index (χ1) is 11.6. The van der Waals surface area contributed by atoms with Gasteiger partial charge in [0.2, 0.25) is 0 Å². The number of ether oxygens (including phenoxy) is 1. The highest BCUT2D eigenvalue weighted by Gasteiger charge is 2.15. The molecule has 0 atom stereocenters. The van der Waals surface area contributed by atoms with Crippen LogP contribution >= 0.6 is 0 Å². The number of anilines is 1. The predicted molar refractivity (Wildman–Crippen MR) is 92.8 cm³/mol. The van der Waals surface area contributed by atoms with Crippen molar-refractivity contribution in [3.8, 4) is 5.75 Å². The Balaban J connectivity index is 1.96. The molecule has 0 aliphatic rings. The van der Waals surface area contributed by atoms with Gasteiger partial charge in [-0.05, 0) is 43.7 Å². The Morgan fingerprint density at radius 1 is 1.17 bits per heavy atom. The third-order valence-corrected chi connectivity index (χ3v) is 3.66. The number of hydrogen-bond donors (Lipinski definition) is 1. The first-order valence-corrected chi connectivity index (χ1v) is 7.66. The lowest BCUT2D eigenvalue weighted by Gasteiger charge is -2.08. The van der Waals surface area contributed by atoms with E-state index < -0.39 is 11.5 Å². The van der Waals surface area contributed by atoms with E-state index >= 15 is 0 Å². The average Bonchev–Trinajstić information content (AvgIpc) is 2.56. The van der Waals surface area contributed by atoms with Gasteiger partial charge in [-0.15, -0.1) is 0 Å². The predicted octanol–water partition coefficient (Wildman–Crippen LogP) is 3.75. The highest BCUT2D eigenvalue weighted by molar-refractivity contribution is 6.05. The third-order valence-electron chi connectivity index (χ3n) is 3.66. The minimum atomic E-state index is -0.678. The lowest BCUT2D eigenvalue weighted by atomic mass is 10.1. The summed E-state index contributed by atoms with van der Waals surface area (Å²) in [5, 5.41) is 3.40. The van der Waals surface area contributed by atoms with Gasteiger partial charge in [0.05, 0.1) is 6.61 Å². The highest BCUT2D eigenvalue weighted by Crippen LogP contribution is 2.21. The normalized spacial score (nSPS) is 10.6. The van der Waals surface area contributed by atoms with Crippen LogP contribution in [0.15, 0.2) is 57.7 Å². The molecule has 122 valence electrons. The Morgan fingerprint density at radius 3 is 2.71 bits per heavy atom. The molecule has 0 spiro atoms. The van der Waals surface area contributed by atoms with Gasteiger partial charge in [-0.25, -0.2) is 4.79 Å². The molecule has 5 heteroatoms. The average molecular weight is 323 g/mol. The van der Waals surface area contributed by atoms with Crippen molar-refractivity contribution >= 4 is 22.6 Å². The van der Waals surface area contributed by atoms with Crippen molar-refractivity contribution in [1.29, 1.82) is 0 Å². The van der Waals surface area contributed by atoms with Gasteiger partial charge in [0.1, 0.15) is 16.9 Å². The molecule has 0 bridgehead atoms. The van der Waals surface area contributed by atoms with Gasteiger partial charge in [0.25, 0.3) is 5.91 Å². The van der Waals surface area contributed by atoms with Crippen LogP contribution < -0.4 is 15.7 Å². The van der Waals surface area contributed by atoms with Crippen molar-refractivity contribution in [2.45, 2.75) is 13.8 Å². The molecule has 0 aliphatic heterocycles. The largest absolute Gasteiger partial charge is 0.494 e. The molecule has 3 rings (SSSR count). The molecule has 3 aromatic rings. The number of carbonyl (C=O) groups is 1. The van der Waals surface area contributed by atoms with E-state index in [4.69, 9.17) is 9.15 Å². The van der Waals surface area contributed by atoms with Crippen LogP contribution in [-0.2, 0) is 0 Å². The van der Waals surface area contributed by atoms with Crippen molar-refractivity contribution in [2.24, 2.45) is 0 Å². The highest BCUT2D eigenvalue weighted by atomic mass is 16.5. The number of para-hydroxylation sites is 1. The Morgan fingerprint density at radius 2 is 1.96 bits per heavy atom. The maximum absolute atomic E-state index is 12.4. The quantitative estimate of drug-likeness (QED) is 0.742. The second-order valence-electron chi connectivity index (χ2n) is 5.35. The molecule has 0 aliphatic carbocycles. The third kappa shape index (κ3) is 3.15. The second-order valence-corrected chi connectivity index (χ2v) is 5.35. The fourth-order valence-corrected chi connectivity index (χ4v) is 2.41. The topological polar surface area (TPSA) is 68.5 Å². The molecule has 1 N–H and O–H groups in total. The van der Waals surface area contributed by atoms with Crippen molar-refractivity contribution < 1.29 is 13.9 Å². The number of rotatable bonds is 4. The Kier molecular flexibility index (Phi) is 4.33. The van der Waals surface area contributed by atoms with Crippen LogP contribution in [0.25, 0.3) is 11.0 Å². The lowest BCUT2D eigenvalue weighted by Crippen LogP contribution is -2.21. The van der Waals surface area contributed by atoms with Crippen molar-refractivity contribution in [3.05, 3.63) is 70.1 Å². The minimum absolute atomic E-state index is 0.0325. The summed E-state index contributed by atoms with van der Waals surface area (Å²) in [6.07, 6.45) is 0. The number of amides is 1. The Labute approximate surface area is 138 Å². The summed E-state index contributed by atoms with van der Waals surface area (Å²) in [5.74, 6) is 0.124. The van der Waals surface area contributed by atoms with Gasteiger partial charge in [0.15, 0.2) is 0 Å². The van der Waals surface area contributed by atoms with Crippen LogP contribution in [0.2, 0.25) is 0 Å².